The molecule has 2 amide bonds. The van der Waals surface area contributed by atoms with Gasteiger partial charge in [0.1, 0.15) is 28.9 Å². The molecular formula is C97H176N8O14. The summed E-state index contributed by atoms with van der Waals surface area (Å²) in [7, 11) is 0. The lowest BCUT2D eigenvalue weighted by atomic mass is 9.91. The number of unbranched alkanes of at least 4 members (excludes halogenated alkanes) is 1. The van der Waals surface area contributed by atoms with Crippen molar-refractivity contribution in [2.75, 3.05) is 58.9 Å². The van der Waals surface area contributed by atoms with Crippen molar-refractivity contribution in [1.82, 2.24) is 41.3 Å². The molecule has 0 fully saturated rings. The number of amides is 2. The minimum absolute atomic E-state index is 0.00654. The third-order valence-electron chi connectivity index (χ3n) is 19.9. The number of rotatable bonds is 57. The van der Waals surface area contributed by atoms with Gasteiger partial charge in [0.15, 0.2) is 40.5 Å². The van der Waals surface area contributed by atoms with Gasteiger partial charge in [-0.15, -0.1) is 0 Å². The van der Waals surface area contributed by atoms with E-state index in [-0.39, 0.29) is 222 Å². The molecule has 1 rings (SSSR count). The number of nitrogens with one attached hydrogen (secondary N) is 5. The zero-order chi connectivity index (χ0) is 93.3. The van der Waals surface area contributed by atoms with E-state index in [4.69, 9.17) is 0 Å². The van der Waals surface area contributed by atoms with Gasteiger partial charge in [0.05, 0.1) is 56.9 Å². The molecule has 0 bridgehead atoms. The van der Waals surface area contributed by atoms with Crippen molar-refractivity contribution in [2.45, 2.75) is 362 Å². The van der Waals surface area contributed by atoms with E-state index in [1.807, 2.05) is 183 Å². The van der Waals surface area contributed by atoms with Crippen LogP contribution in [0.3, 0.4) is 0 Å². The van der Waals surface area contributed by atoms with Crippen molar-refractivity contribution in [2.24, 2.45) is 82.9 Å². The first-order valence-corrected chi connectivity index (χ1v) is 45.3. The lowest BCUT2D eigenvalue weighted by Gasteiger charge is -2.32. The molecule has 0 aliphatic heterocycles. The molecule has 0 radical (unpaired) electrons. The largest absolute Gasteiger partial charge is 0.346 e. The van der Waals surface area contributed by atoms with E-state index in [0.29, 0.717) is 73.3 Å². The Morgan fingerprint density at radius 3 is 1.01 bits per heavy atom. The van der Waals surface area contributed by atoms with E-state index in [2.05, 4.69) is 82.0 Å². The van der Waals surface area contributed by atoms with E-state index in [1.54, 1.807) is 43.6 Å². The van der Waals surface area contributed by atoms with Crippen LogP contribution in [0.15, 0.2) is 18.2 Å². The lowest BCUT2D eigenvalue weighted by molar-refractivity contribution is -0.139. The maximum atomic E-state index is 12.9. The normalized spacial score (nSPS) is 12.8. The fourth-order valence-electron chi connectivity index (χ4n) is 12.0. The maximum absolute atomic E-state index is 12.9. The maximum Gasteiger partial charge on any atom is 0.225 e. The van der Waals surface area contributed by atoms with Crippen molar-refractivity contribution < 1.29 is 67.1 Å². The molecule has 0 aromatic heterocycles. The first kappa shape index (κ1) is 119. The van der Waals surface area contributed by atoms with Gasteiger partial charge in [-0.25, -0.2) is 0 Å². The van der Waals surface area contributed by atoms with Crippen molar-refractivity contribution in [1.29, 1.82) is 0 Å². The molecule has 5 N–H and O–H groups in total. The molecule has 1 aromatic carbocycles. The minimum Gasteiger partial charge on any atom is -0.346 e. The van der Waals surface area contributed by atoms with Crippen LogP contribution >= 0.6 is 0 Å². The minimum atomic E-state index is -0.660. The van der Waals surface area contributed by atoms with Gasteiger partial charge in [-0.1, -0.05) is 256 Å². The van der Waals surface area contributed by atoms with Gasteiger partial charge >= 0.3 is 0 Å². The van der Waals surface area contributed by atoms with Crippen LogP contribution < -0.4 is 26.6 Å². The van der Waals surface area contributed by atoms with E-state index in [9.17, 15) is 67.1 Å². The SMILES string of the molecule is CC(C)C(=O)CN(CCN(CC(=O)C(C)C)C(=O)C(C)C)CC(=O)C(C)C.CC(C)Cc1cc(C(=O)C(C)C)cc(C(=O)C(C)C)c1.CC(C)NC(CCC(=O)NC(CCC(=O)C(C)C)C(=O)C(C)C)C(=O)C(C)C.CC(C)NCCCCC(C(=O)C(C)C)N(CC(=O)C(C)C)CC(=O)C(C)C.CC(C)NCCC[C@H](NC(C)C)C(=O)C(C)C. The number of benzene rings is 1. The van der Waals surface area contributed by atoms with Crippen molar-refractivity contribution >= 4 is 81.2 Å². The van der Waals surface area contributed by atoms with E-state index in [1.165, 1.54) is 0 Å². The van der Waals surface area contributed by atoms with Crippen LogP contribution in [0.25, 0.3) is 0 Å². The summed E-state index contributed by atoms with van der Waals surface area (Å²) in [5.74, 6) is -0.118. The Hall–Kier alpha value is -6.04. The van der Waals surface area contributed by atoms with Crippen LogP contribution in [0.5, 0.6) is 0 Å². The van der Waals surface area contributed by atoms with Gasteiger partial charge in [-0.3, -0.25) is 76.9 Å². The van der Waals surface area contributed by atoms with Gasteiger partial charge in [-0.05, 0) is 87.7 Å². The van der Waals surface area contributed by atoms with Crippen LogP contribution in [0.4, 0.5) is 0 Å². The lowest BCUT2D eigenvalue weighted by Crippen LogP contribution is -2.49. The predicted octanol–water partition coefficient (Wildman–Crippen LogP) is 15.9. The molecule has 0 saturated heterocycles. The summed E-state index contributed by atoms with van der Waals surface area (Å²) >= 11 is 0. The van der Waals surface area contributed by atoms with Crippen LogP contribution in [-0.4, -0.2) is 203 Å². The molecule has 0 saturated carbocycles. The molecule has 4 atom stereocenters. The first-order chi connectivity index (χ1) is 54.7. The molecule has 1 aromatic rings. The number of hydrogen-bond donors (Lipinski definition) is 5. The number of nitrogens with zero attached hydrogens (tertiary/aromatic N) is 3. The van der Waals surface area contributed by atoms with Crippen LogP contribution in [0.2, 0.25) is 0 Å². The van der Waals surface area contributed by atoms with Crippen LogP contribution in [-0.2, 0) is 64.0 Å². The van der Waals surface area contributed by atoms with Gasteiger partial charge < -0.3 is 31.5 Å². The second kappa shape index (κ2) is 63.8. The van der Waals surface area contributed by atoms with Crippen molar-refractivity contribution in [3.63, 3.8) is 0 Å². The summed E-state index contributed by atoms with van der Waals surface area (Å²) in [5.41, 5.74) is 2.42. The Morgan fingerprint density at radius 2 is 0.664 bits per heavy atom. The monoisotopic (exact) mass is 1680 g/mol. The van der Waals surface area contributed by atoms with Gasteiger partial charge in [0, 0.05) is 138 Å². The highest BCUT2D eigenvalue weighted by molar-refractivity contribution is 6.03. The van der Waals surface area contributed by atoms with E-state index >= 15 is 0 Å². The average molecular weight is 1680 g/mol. The van der Waals surface area contributed by atoms with E-state index in [0.717, 1.165) is 50.8 Å². The Kier molecular flexibility index (Phi) is 64.0. The molecule has 0 spiro atoms. The van der Waals surface area contributed by atoms with Crippen LogP contribution in [0, 0.1) is 82.9 Å². The second-order valence-corrected chi connectivity index (χ2v) is 38.4. The number of Topliss-reactive ketones (excluding diaryl/α,β-unsaturated/α-hetero) is 12. The Bertz CT molecular complexity index is 3110. The van der Waals surface area contributed by atoms with Crippen molar-refractivity contribution in [3.05, 3.63) is 34.9 Å². The molecule has 22 nitrogen and oxygen atoms in total. The fourth-order valence-corrected chi connectivity index (χ4v) is 12.0. The molecule has 0 aliphatic rings. The zero-order valence-electron chi connectivity index (χ0n) is 81.9. The molecule has 688 valence electrons. The average Bonchev–Trinajstić information content (AvgIpc) is 0.844. The highest BCUT2D eigenvalue weighted by Gasteiger charge is 2.33. The smallest absolute Gasteiger partial charge is 0.225 e. The highest BCUT2D eigenvalue weighted by atomic mass is 16.2. The highest BCUT2D eigenvalue weighted by Crippen LogP contribution is 2.22. The Morgan fingerprint density at radius 1 is 0.311 bits per heavy atom. The number of carbonyl (C=O) groups excluding carboxylic acids is 14. The molecule has 119 heavy (non-hydrogen) atoms. The Balaban J connectivity index is -0.000000702. The predicted molar refractivity (Wildman–Crippen MR) is 489 cm³/mol. The molecular weight excluding hydrogens is 1500 g/mol. The van der Waals surface area contributed by atoms with Gasteiger partial charge in [0.2, 0.25) is 11.8 Å². The summed E-state index contributed by atoms with van der Waals surface area (Å²) in [5, 5.41) is 16.2. The molecule has 3 unspecified atom stereocenters. The van der Waals surface area contributed by atoms with Gasteiger partial charge in [0.25, 0.3) is 0 Å². The second-order valence-electron chi connectivity index (χ2n) is 38.4. The molecule has 0 aliphatic carbocycles. The summed E-state index contributed by atoms with van der Waals surface area (Å²) < 4.78 is 0. The molecule has 22 heteroatoms. The summed E-state index contributed by atoms with van der Waals surface area (Å²) in [6, 6.07) is 5.72. The summed E-state index contributed by atoms with van der Waals surface area (Å²) in [6.45, 7) is 72.5. The molecule has 0 heterocycles. The zero-order valence-corrected chi connectivity index (χ0v) is 81.9. The first-order valence-electron chi connectivity index (χ1n) is 45.3. The quantitative estimate of drug-likeness (QED) is 0.0299. The summed E-state index contributed by atoms with van der Waals surface area (Å²) in [6.07, 6.45) is 6.54. The topological polar surface area (TPSA) is 309 Å². The number of hydrogen-bond acceptors (Lipinski definition) is 20. The number of ketones is 12. The van der Waals surface area contributed by atoms with Gasteiger partial charge in [-0.2, -0.15) is 0 Å². The Labute approximate surface area is 724 Å². The summed E-state index contributed by atoms with van der Waals surface area (Å²) in [4.78, 5) is 177. The van der Waals surface area contributed by atoms with Crippen LogP contribution in [0.1, 0.15) is 333 Å². The number of carbonyl (C=O) groups is 14. The fraction of sp³-hybridized carbons (Fsp3) is 0.794. The van der Waals surface area contributed by atoms with E-state index < -0.39 is 6.04 Å². The third-order valence-corrected chi connectivity index (χ3v) is 19.9. The third kappa shape index (κ3) is 55.7. The standard InChI is InChI=1S/C22H40N2O4.C22H42N2O3.C21H38N2O4.C18H26O2.C14H30N2O/c1-13(2)19(25)11-9-18(22(28)15(5)6)24-20(26)12-10-17(23-16(7)8)21(27)14(3)4;1-15(2)20(25)13-24(14-21(26)16(3)4)19(22(27)17(5)6)11-9-10-12-23-18(7)8;1-14(2)18(24)11-22(12-19(25)15(3)4)9-10-23(21(27)17(7)8)13-20(26)16(5)6;1-11(2)7-14-8-15(17(19)12(3)4)10-16(9-14)18(20)13(5)6;1-10(2)14(17)13(16-12(5)6)8-7-9-15-11(3)4/h13-18,23H,9-12H2,1-8H3,(H,24,26);15-19,23H,9-14H2,1-8H3;14-17H,9-13H2,1-8H3;8-13H,7H2,1-6H3;10-13,15-16H,7-9H2,1-6H3/t;;;;13-/m....0/s1. The van der Waals surface area contributed by atoms with Crippen molar-refractivity contribution in [3.8, 4) is 0 Å².